The smallest absolute Gasteiger partial charge is 0.325 e. The van der Waals surface area contributed by atoms with Gasteiger partial charge >= 0.3 is 11.9 Å². The van der Waals surface area contributed by atoms with Crippen molar-refractivity contribution in [1.82, 2.24) is 4.98 Å². The molecule has 7 heteroatoms. The zero-order valence-corrected chi connectivity index (χ0v) is 9.54. The van der Waals surface area contributed by atoms with Gasteiger partial charge in [0.25, 0.3) is 0 Å². The van der Waals surface area contributed by atoms with Crippen LogP contribution in [0, 0.1) is 0 Å². The number of thiazole rings is 1. The fourth-order valence-electron chi connectivity index (χ4n) is 0.984. The first-order valence-electron chi connectivity index (χ1n) is 4.67. The van der Waals surface area contributed by atoms with Crippen molar-refractivity contribution in [3.8, 4) is 0 Å². The highest BCUT2D eigenvalue weighted by Gasteiger charge is 2.07. The number of nitrogens with one attached hydrogen (secondary N) is 1. The van der Waals surface area contributed by atoms with Crippen molar-refractivity contribution in [3.05, 3.63) is 11.1 Å². The average Bonchev–Trinajstić information content (AvgIpc) is 2.62. The highest BCUT2D eigenvalue weighted by molar-refractivity contribution is 7.13. The van der Waals surface area contributed by atoms with Gasteiger partial charge in [-0.2, -0.15) is 0 Å². The molecule has 0 atom stereocenters. The number of anilines is 1. The number of aromatic nitrogens is 1. The van der Waals surface area contributed by atoms with Gasteiger partial charge in [0.05, 0.1) is 18.7 Å². The molecule has 1 aromatic heterocycles. The molecule has 0 aliphatic carbocycles. The summed E-state index contributed by atoms with van der Waals surface area (Å²) in [6.07, 6.45) is -0.114. The van der Waals surface area contributed by atoms with Gasteiger partial charge in [-0.25, -0.2) is 4.98 Å². The van der Waals surface area contributed by atoms with E-state index in [1.54, 1.807) is 12.3 Å². The molecule has 1 rings (SSSR count). The summed E-state index contributed by atoms with van der Waals surface area (Å²) in [7, 11) is 0. The lowest BCUT2D eigenvalue weighted by Gasteiger charge is -2.01. The normalized spacial score (nSPS) is 9.81. The second-order valence-electron chi connectivity index (χ2n) is 2.87. The second kappa shape index (κ2) is 6.06. The quantitative estimate of drug-likeness (QED) is 0.718. The summed E-state index contributed by atoms with van der Waals surface area (Å²) in [5.74, 6) is -1.29. The van der Waals surface area contributed by atoms with Crippen LogP contribution in [0.5, 0.6) is 0 Å². The Morgan fingerprint density at radius 1 is 1.62 bits per heavy atom. The van der Waals surface area contributed by atoms with Crippen LogP contribution in [0.4, 0.5) is 5.13 Å². The summed E-state index contributed by atoms with van der Waals surface area (Å²) in [5, 5.41) is 13.5. The first kappa shape index (κ1) is 12.4. The average molecular weight is 244 g/mol. The summed E-state index contributed by atoms with van der Waals surface area (Å²) >= 11 is 1.26. The Kier molecular flexibility index (Phi) is 4.71. The van der Waals surface area contributed by atoms with Crippen LogP contribution in [0.3, 0.4) is 0 Å². The number of carboxylic acids is 1. The van der Waals surface area contributed by atoms with Gasteiger partial charge in [0.1, 0.15) is 6.54 Å². The molecule has 0 radical (unpaired) electrons. The predicted octanol–water partition coefficient (Wildman–Crippen LogP) is 0.745. The van der Waals surface area contributed by atoms with E-state index < -0.39 is 5.97 Å². The molecule has 0 bridgehead atoms. The molecule has 0 unspecified atom stereocenters. The van der Waals surface area contributed by atoms with Gasteiger partial charge in [-0.15, -0.1) is 11.3 Å². The fourth-order valence-corrected chi connectivity index (χ4v) is 1.69. The molecule has 2 N–H and O–H groups in total. The van der Waals surface area contributed by atoms with E-state index in [1.807, 2.05) is 0 Å². The Morgan fingerprint density at radius 2 is 2.38 bits per heavy atom. The van der Waals surface area contributed by atoms with E-state index in [2.05, 4.69) is 10.3 Å². The number of carbonyl (C=O) groups excluding carboxylic acids is 1. The summed E-state index contributed by atoms with van der Waals surface area (Å²) in [6.45, 7) is 2.10. The van der Waals surface area contributed by atoms with Crippen molar-refractivity contribution < 1.29 is 19.4 Å². The van der Waals surface area contributed by atoms with E-state index in [9.17, 15) is 9.59 Å². The third kappa shape index (κ3) is 4.26. The number of carbonyl (C=O) groups is 2. The van der Waals surface area contributed by atoms with E-state index >= 15 is 0 Å². The first-order chi connectivity index (χ1) is 7.61. The number of ether oxygens (including phenoxy) is 1. The van der Waals surface area contributed by atoms with Crippen molar-refractivity contribution in [2.75, 3.05) is 18.5 Å². The maximum absolute atomic E-state index is 11.0. The zero-order valence-electron chi connectivity index (χ0n) is 8.73. The number of carboxylic acid groups (broad SMARTS) is 1. The van der Waals surface area contributed by atoms with Crippen LogP contribution < -0.4 is 5.32 Å². The van der Waals surface area contributed by atoms with Crippen molar-refractivity contribution in [2.24, 2.45) is 0 Å². The van der Waals surface area contributed by atoms with Gasteiger partial charge < -0.3 is 15.2 Å². The number of nitrogens with zero attached hydrogens (tertiary/aromatic N) is 1. The van der Waals surface area contributed by atoms with Crippen molar-refractivity contribution in [3.63, 3.8) is 0 Å². The molecule has 6 nitrogen and oxygen atoms in total. The largest absolute Gasteiger partial charge is 0.481 e. The molecule has 1 heterocycles. The van der Waals surface area contributed by atoms with E-state index in [0.29, 0.717) is 17.4 Å². The van der Waals surface area contributed by atoms with E-state index in [-0.39, 0.29) is 18.9 Å². The van der Waals surface area contributed by atoms with Crippen LogP contribution in [0.25, 0.3) is 0 Å². The van der Waals surface area contributed by atoms with Crippen LogP contribution in [-0.2, 0) is 20.7 Å². The third-order valence-corrected chi connectivity index (χ3v) is 2.42. The van der Waals surface area contributed by atoms with Gasteiger partial charge in [-0.1, -0.05) is 0 Å². The molecule has 0 amide bonds. The lowest BCUT2D eigenvalue weighted by molar-refractivity contribution is -0.141. The standard InChI is InChI=1S/C9H12N2O4S/c1-2-15-8(14)4-10-9-11-6(5-16-9)3-7(12)13/h5H,2-4H2,1H3,(H,10,11)(H,12,13). The summed E-state index contributed by atoms with van der Waals surface area (Å²) in [4.78, 5) is 25.4. The SMILES string of the molecule is CCOC(=O)CNc1nc(CC(=O)O)cs1. The number of esters is 1. The molecule has 0 aliphatic heterocycles. The van der Waals surface area contributed by atoms with Crippen molar-refractivity contribution in [2.45, 2.75) is 13.3 Å². The third-order valence-electron chi connectivity index (χ3n) is 1.57. The Labute approximate surface area is 96.3 Å². The van der Waals surface area contributed by atoms with Crippen molar-refractivity contribution >= 4 is 28.4 Å². The van der Waals surface area contributed by atoms with Gasteiger partial charge in [-0.05, 0) is 6.92 Å². The lowest BCUT2D eigenvalue weighted by Crippen LogP contribution is -2.16. The summed E-state index contributed by atoms with van der Waals surface area (Å²) in [6, 6.07) is 0. The van der Waals surface area contributed by atoms with Crippen LogP contribution in [0.15, 0.2) is 5.38 Å². The number of aliphatic carboxylic acids is 1. The molecule has 0 aromatic carbocycles. The van der Waals surface area contributed by atoms with E-state index in [1.165, 1.54) is 11.3 Å². The maximum atomic E-state index is 11.0. The van der Waals surface area contributed by atoms with E-state index in [4.69, 9.17) is 9.84 Å². The summed E-state index contributed by atoms with van der Waals surface area (Å²) in [5.41, 5.74) is 0.476. The Balaban J connectivity index is 2.40. The molecule has 88 valence electrons. The molecule has 1 aromatic rings. The van der Waals surface area contributed by atoms with Gasteiger partial charge in [0, 0.05) is 5.38 Å². The first-order valence-corrected chi connectivity index (χ1v) is 5.55. The Bertz CT molecular complexity index is 377. The number of rotatable bonds is 6. The highest BCUT2D eigenvalue weighted by Crippen LogP contribution is 2.15. The minimum Gasteiger partial charge on any atom is -0.481 e. The van der Waals surface area contributed by atoms with Gasteiger partial charge in [0.2, 0.25) is 0 Å². The van der Waals surface area contributed by atoms with Crippen LogP contribution in [0.1, 0.15) is 12.6 Å². The van der Waals surface area contributed by atoms with Gasteiger partial charge in [0.15, 0.2) is 5.13 Å². The molecule has 0 saturated carbocycles. The summed E-state index contributed by atoms with van der Waals surface area (Å²) < 4.78 is 4.72. The number of hydrogen-bond donors (Lipinski definition) is 2. The van der Waals surface area contributed by atoms with Crippen LogP contribution >= 0.6 is 11.3 Å². The zero-order chi connectivity index (χ0) is 12.0. The van der Waals surface area contributed by atoms with Crippen LogP contribution in [-0.4, -0.2) is 35.2 Å². The van der Waals surface area contributed by atoms with E-state index in [0.717, 1.165) is 0 Å². The number of hydrogen-bond acceptors (Lipinski definition) is 6. The molecular weight excluding hydrogens is 232 g/mol. The minimum absolute atomic E-state index is 0.0356. The molecule has 0 aliphatic rings. The topological polar surface area (TPSA) is 88.5 Å². The van der Waals surface area contributed by atoms with Crippen molar-refractivity contribution in [1.29, 1.82) is 0 Å². The highest BCUT2D eigenvalue weighted by atomic mass is 32.1. The molecule has 16 heavy (non-hydrogen) atoms. The fraction of sp³-hybridized carbons (Fsp3) is 0.444. The van der Waals surface area contributed by atoms with Crippen LogP contribution in [0.2, 0.25) is 0 Å². The Hall–Kier alpha value is -1.63. The minimum atomic E-state index is -0.928. The maximum Gasteiger partial charge on any atom is 0.325 e. The predicted molar refractivity (Wildman–Crippen MR) is 58.6 cm³/mol. The Morgan fingerprint density at radius 3 is 3.00 bits per heavy atom. The molecule has 0 fully saturated rings. The van der Waals surface area contributed by atoms with Gasteiger partial charge in [-0.3, -0.25) is 9.59 Å². The molecular formula is C9H12N2O4S. The monoisotopic (exact) mass is 244 g/mol. The second-order valence-corrected chi connectivity index (χ2v) is 3.73. The molecule has 0 spiro atoms. The lowest BCUT2D eigenvalue weighted by atomic mass is 10.3. The molecule has 0 saturated heterocycles.